The van der Waals surface area contributed by atoms with E-state index in [1.165, 1.54) is 0 Å². The number of aliphatic carboxylic acids is 1. The number of guanidine groups is 1. The summed E-state index contributed by atoms with van der Waals surface area (Å²) in [6, 6.07) is 3.77. The molecule has 4 amide bonds. The summed E-state index contributed by atoms with van der Waals surface area (Å²) in [6.45, 7) is 3.61. The first kappa shape index (κ1) is 31.8. The predicted octanol–water partition coefficient (Wildman–Crippen LogP) is -2.32. The van der Waals surface area contributed by atoms with Crippen LogP contribution in [0.5, 0.6) is 0 Å². The average Bonchev–Trinajstić information content (AvgIpc) is 2.83. The molecule has 12 N–H and O–H groups in total. The Balaban J connectivity index is 2.90. The molecule has 0 aromatic heterocycles. The Morgan fingerprint density at radius 1 is 0.895 bits per heavy atom. The minimum absolute atomic E-state index is 0.0229. The molecule has 38 heavy (non-hydrogen) atoms. The first-order valence-corrected chi connectivity index (χ1v) is 12.1. The van der Waals surface area contributed by atoms with Gasteiger partial charge in [-0.25, -0.2) is 4.79 Å². The van der Waals surface area contributed by atoms with Crippen LogP contribution < -0.4 is 38.9 Å². The van der Waals surface area contributed by atoms with Crippen LogP contribution in [0.15, 0.2) is 35.3 Å². The Bertz CT molecular complexity index is 997. The molecule has 0 spiro atoms. The van der Waals surface area contributed by atoms with E-state index in [2.05, 4.69) is 20.9 Å². The summed E-state index contributed by atoms with van der Waals surface area (Å²) >= 11 is 0. The molecule has 0 bridgehead atoms. The molecule has 0 aliphatic carbocycles. The fraction of sp³-hybridized carbons (Fsp3) is 0.500. The lowest BCUT2D eigenvalue weighted by atomic mass is 10.0. The summed E-state index contributed by atoms with van der Waals surface area (Å²) in [6.07, 6.45) is 0.0720. The molecule has 14 nitrogen and oxygen atoms in total. The summed E-state index contributed by atoms with van der Waals surface area (Å²) in [5, 5.41) is 16.9. The highest BCUT2D eigenvalue weighted by Crippen LogP contribution is 2.07. The normalized spacial score (nSPS) is 13.9. The van der Waals surface area contributed by atoms with Gasteiger partial charge in [-0.15, -0.1) is 0 Å². The summed E-state index contributed by atoms with van der Waals surface area (Å²) < 4.78 is 0. The number of benzene rings is 1. The van der Waals surface area contributed by atoms with Crippen LogP contribution >= 0.6 is 0 Å². The highest BCUT2D eigenvalue weighted by atomic mass is 16.4. The van der Waals surface area contributed by atoms with Gasteiger partial charge in [0.1, 0.15) is 18.1 Å². The third-order valence-electron chi connectivity index (χ3n) is 5.49. The molecule has 0 unspecified atom stereocenters. The van der Waals surface area contributed by atoms with Gasteiger partial charge in [-0.2, -0.15) is 0 Å². The number of nitrogens with zero attached hydrogens (tertiary/aromatic N) is 1. The minimum atomic E-state index is -1.47. The van der Waals surface area contributed by atoms with Crippen molar-refractivity contribution >= 4 is 35.6 Å². The molecule has 0 aliphatic rings. The number of carbonyl (C=O) groups is 5. The van der Waals surface area contributed by atoms with Gasteiger partial charge in [-0.05, 0) is 24.3 Å². The number of hydrogen-bond donors (Lipinski definition) is 8. The lowest BCUT2D eigenvalue weighted by Crippen LogP contribution is -2.59. The van der Waals surface area contributed by atoms with Crippen LogP contribution in [0, 0.1) is 5.92 Å². The zero-order valence-corrected chi connectivity index (χ0v) is 21.6. The lowest BCUT2D eigenvalue weighted by molar-refractivity contribution is -0.142. The number of carboxylic acid groups (broad SMARTS) is 1. The molecular formula is C24H38N8O6. The molecule has 1 rings (SSSR count). The molecule has 0 saturated heterocycles. The minimum Gasteiger partial charge on any atom is -0.480 e. The Hall–Kier alpha value is -4.20. The van der Waals surface area contributed by atoms with Crippen LogP contribution in [-0.2, 0) is 30.4 Å². The Morgan fingerprint density at radius 3 is 2.03 bits per heavy atom. The molecule has 210 valence electrons. The maximum Gasteiger partial charge on any atom is 0.326 e. The van der Waals surface area contributed by atoms with Crippen LogP contribution in [0.2, 0.25) is 0 Å². The first-order valence-electron chi connectivity index (χ1n) is 12.1. The van der Waals surface area contributed by atoms with E-state index in [0.29, 0.717) is 12.0 Å². The van der Waals surface area contributed by atoms with Crippen molar-refractivity contribution in [1.82, 2.24) is 16.0 Å². The van der Waals surface area contributed by atoms with E-state index in [4.69, 9.17) is 22.9 Å². The number of rotatable bonds is 16. The molecule has 0 aliphatic heterocycles. The van der Waals surface area contributed by atoms with Crippen molar-refractivity contribution in [3.63, 3.8) is 0 Å². The first-order chi connectivity index (χ1) is 17.8. The quantitative estimate of drug-likeness (QED) is 0.0642. The molecule has 0 saturated carbocycles. The van der Waals surface area contributed by atoms with Crippen molar-refractivity contribution in [3.05, 3.63) is 35.9 Å². The fourth-order valence-corrected chi connectivity index (χ4v) is 3.44. The van der Waals surface area contributed by atoms with Gasteiger partial charge in [-0.1, -0.05) is 44.2 Å². The second-order valence-corrected chi connectivity index (χ2v) is 9.11. The largest absolute Gasteiger partial charge is 0.480 e. The van der Waals surface area contributed by atoms with Crippen molar-refractivity contribution in [2.75, 3.05) is 6.54 Å². The summed E-state index contributed by atoms with van der Waals surface area (Å²) in [4.78, 5) is 65.7. The zero-order valence-electron chi connectivity index (χ0n) is 21.6. The summed E-state index contributed by atoms with van der Waals surface area (Å²) in [7, 11) is 0. The van der Waals surface area contributed by atoms with Gasteiger partial charge in [-0.3, -0.25) is 24.2 Å². The number of aliphatic imine (C=N–C) groups is 1. The Morgan fingerprint density at radius 2 is 1.50 bits per heavy atom. The molecule has 0 heterocycles. The summed E-state index contributed by atoms with van der Waals surface area (Å²) in [5.41, 5.74) is 22.3. The molecule has 0 radical (unpaired) electrons. The molecule has 1 aromatic carbocycles. The maximum absolute atomic E-state index is 13.0. The van der Waals surface area contributed by atoms with Gasteiger partial charge < -0.3 is 44.0 Å². The third-order valence-corrected chi connectivity index (χ3v) is 5.49. The van der Waals surface area contributed by atoms with Gasteiger partial charge in [0.05, 0.1) is 12.5 Å². The standard InChI is InChI=1S/C24H38N8O6/c1-13(2)19(32-20(34)15(25)9-6-10-29-24(27)28)22(36)30-16(12-18(26)33)21(35)31-17(23(37)38)11-14-7-4-3-5-8-14/h3-5,7-8,13,15-17,19H,6,9-12,25H2,1-2H3,(H2,26,33)(H,30,36)(H,31,35)(H,32,34)(H,37,38)(H4,27,28,29)/t15-,16-,17-,19-/m0/s1. The van der Waals surface area contributed by atoms with Gasteiger partial charge in [0.25, 0.3) is 0 Å². The van der Waals surface area contributed by atoms with E-state index >= 15 is 0 Å². The molecule has 1 aromatic rings. The number of primary amides is 1. The van der Waals surface area contributed by atoms with Crippen molar-refractivity contribution in [2.24, 2.45) is 33.8 Å². The van der Waals surface area contributed by atoms with E-state index < -0.39 is 66.1 Å². The van der Waals surface area contributed by atoms with Crippen LogP contribution in [-0.4, -0.2) is 71.4 Å². The number of carboxylic acids is 1. The SMILES string of the molecule is CC(C)[C@H](NC(=O)[C@@H](N)CCCN=C(N)N)C(=O)N[C@@H](CC(N)=O)C(=O)N[C@@H](Cc1ccccc1)C(=O)O. The molecule has 14 heteroatoms. The van der Waals surface area contributed by atoms with Gasteiger partial charge in [0.15, 0.2) is 5.96 Å². The number of amides is 4. The molecule has 0 fully saturated rings. The van der Waals surface area contributed by atoms with E-state index in [0.717, 1.165) is 0 Å². The second-order valence-electron chi connectivity index (χ2n) is 9.11. The fourth-order valence-electron chi connectivity index (χ4n) is 3.44. The second kappa shape index (κ2) is 15.8. The Kier molecular flexibility index (Phi) is 13.2. The van der Waals surface area contributed by atoms with Crippen LogP contribution in [0.3, 0.4) is 0 Å². The zero-order chi connectivity index (χ0) is 28.8. The van der Waals surface area contributed by atoms with E-state index in [9.17, 15) is 29.1 Å². The van der Waals surface area contributed by atoms with Crippen LogP contribution in [0.25, 0.3) is 0 Å². The van der Waals surface area contributed by atoms with Crippen molar-refractivity contribution in [3.8, 4) is 0 Å². The van der Waals surface area contributed by atoms with E-state index in [1.807, 2.05) is 0 Å². The van der Waals surface area contributed by atoms with Gasteiger partial charge in [0.2, 0.25) is 23.6 Å². The van der Waals surface area contributed by atoms with Crippen molar-refractivity contribution in [2.45, 2.75) is 63.7 Å². The van der Waals surface area contributed by atoms with Crippen molar-refractivity contribution in [1.29, 1.82) is 0 Å². The van der Waals surface area contributed by atoms with Crippen LogP contribution in [0.1, 0.15) is 38.7 Å². The highest BCUT2D eigenvalue weighted by Gasteiger charge is 2.32. The third kappa shape index (κ3) is 11.7. The smallest absolute Gasteiger partial charge is 0.326 e. The van der Waals surface area contributed by atoms with E-state index in [-0.39, 0.29) is 25.3 Å². The lowest BCUT2D eigenvalue weighted by Gasteiger charge is -2.26. The van der Waals surface area contributed by atoms with E-state index in [1.54, 1.807) is 44.2 Å². The van der Waals surface area contributed by atoms with Crippen molar-refractivity contribution < 1.29 is 29.1 Å². The number of nitrogens with one attached hydrogen (secondary N) is 3. The van der Waals surface area contributed by atoms with Gasteiger partial charge in [0, 0.05) is 13.0 Å². The monoisotopic (exact) mass is 534 g/mol. The summed E-state index contributed by atoms with van der Waals surface area (Å²) in [5.74, 6) is -4.98. The van der Waals surface area contributed by atoms with Gasteiger partial charge >= 0.3 is 5.97 Å². The number of carbonyl (C=O) groups excluding carboxylic acids is 4. The molecule has 4 atom stereocenters. The topological polar surface area (TPSA) is 258 Å². The predicted molar refractivity (Wildman–Crippen MR) is 140 cm³/mol. The average molecular weight is 535 g/mol. The Labute approximate surface area is 221 Å². The number of hydrogen-bond acceptors (Lipinski definition) is 7. The molecular weight excluding hydrogens is 496 g/mol. The van der Waals surface area contributed by atoms with Crippen LogP contribution in [0.4, 0.5) is 0 Å². The maximum atomic E-state index is 13.0. The highest BCUT2D eigenvalue weighted by molar-refractivity contribution is 5.96. The number of nitrogens with two attached hydrogens (primary N) is 4.